The number of β-amino-alcohol motifs (C(OH)–C–C–N with tert-alkyl or cyclic N) is 1. The summed E-state index contributed by atoms with van der Waals surface area (Å²) in [4.78, 5) is 10.9. The van der Waals surface area contributed by atoms with E-state index in [0.717, 1.165) is 4.31 Å². The first-order valence-electron chi connectivity index (χ1n) is 4.58. The highest BCUT2D eigenvalue weighted by molar-refractivity contribution is 7.87. The van der Waals surface area contributed by atoms with E-state index in [2.05, 4.69) is 4.74 Å². The molecule has 1 heterocycles. The molecule has 1 aliphatic rings. The van der Waals surface area contributed by atoms with Crippen molar-refractivity contribution in [2.75, 3.05) is 19.7 Å². The SMILES string of the molecule is CCOC(=O)NS(=O)(=O)N1CC[C@@H](O)C1. The zero-order chi connectivity index (χ0) is 11.5. The first kappa shape index (κ1) is 12.2. The number of hydrogen-bond donors (Lipinski definition) is 2. The normalized spacial score (nSPS) is 22.7. The lowest BCUT2D eigenvalue weighted by Gasteiger charge is -2.15. The van der Waals surface area contributed by atoms with Crippen molar-refractivity contribution >= 4 is 16.3 Å². The van der Waals surface area contributed by atoms with E-state index < -0.39 is 22.4 Å². The third kappa shape index (κ3) is 3.33. The summed E-state index contributed by atoms with van der Waals surface area (Å²) in [7, 11) is -3.87. The molecule has 15 heavy (non-hydrogen) atoms. The van der Waals surface area contributed by atoms with Crippen molar-refractivity contribution in [1.29, 1.82) is 0 Å². The standard InChI is InChI=1S/C7H14N2O5S/c1-2-14-7(11)8-15(12,13)9-4-3-6(10)5-9/h6,10H,2-5H2,1H3,(H,8,11)/t6-/m1/s1. The van der Waals surface area contributed by atoms with Gasteiger partial charge in [0.25, 0.3) is 0 Å². The van der Waals surface area contributed by atoms with Crippen molar-refractivity contribution in [3.63, 3.8) is 0 Å². The van der Waals surface area contributed by atoms with Gasteiger partial charge in [0, 0.05) is 13.1 Å². The number of aliphatic hydroxyl groups is 1. The van der Waals surface area contributed by atoms with Gasteiger partial charge in [-0.05, 0) is 13.3 Å². The first-order valence-corrected chi connectivity index (χ1v) is 6.02. The maximum absolute atomic E-state index is 11.5. The fraction of sp³-hybridized carbons (Fsp3) is 0.857. The van der Waals surface area contributed by atoms with Gasteiger partial charge in [-0.3, -0.25) is 0 Å². The number of hydrogen-bond acceptors (Lipinski definition) is 5. The van der Waals surface area contributed by atoms with Crippen LogP contribution in [0.2, 0.25) is 0 Å². The Kier molecular flexibility index (Phi) is 3.89. The van der Waals surface area contributed by atoms with Gasteiger partial charge in [0.1, 0.15) is 0 Å². The van der Waals surface area contributed by atoms with Crippen LogP contribution in [-0.4, -0.2) is 49.7 Å². The molecule has 1 rings (SSSR count). The number of carbonyl (C=O) groups excluding carboxylic acids is 1. The summed E-state index contributed by atoms with van der Waals surface area (Å²) in [6.45, 7) is 1.89. The Bertz CT molecular complexity index is 328. The predicted octanol–water partition coefficient (Wildman–Crippen LogP) is -0.956. The highest BCUT2D eigenvalue weighted by atomic mass is 32.2. The maximum Gasteiger partial charge on any atom is 0.421 e. The van der Waals surface area contributed by atoms with Crippen molar-refractivity contribution in [3.05, 3.63) is 0 Å². The van der Waals surface area contributed by atoms with Crippen molar-refractivity contribution in [3.8, 4) is 0 Å². The molecule has 7 nitrogen and oxygen atoms in total. The Morgan fingerprint density at radius 1 is 1.67 bits per heavy atom. The summed E-state index contributed by atoms with van der Waals surface area (Å²) in [5, 5.41) is 9.15. The lowest BCUT2D eigenvalue weighted by atomic mass is 10.3. The van der Waals surface area contributed by atoms with Crippen LogP contribution in [0.1, 0.15) is 13.3 Å². The van der Waals surface area contributed by atoms with Crippen molar-refractivity contribution in [2.45, 2.75) is 19.4 Å². The largest absolute Gasteiger partial charge is 0.449 e. The Morgan fingerprint density at radius 3 is 2.80 bits per heavy atom. The summed E-state index contributed by atoms with van der Waals surface area (Å²) in [5.74, 6) is 0. The number of nitrogens with one attached hydrogen (secondary N) is 1. The van der Waals surface area contributed by atoms with Crippen LogP contribution in [0.3, 0.4) is 0 Å². The fourth-order valence-electron chi connectivity index (χ4n) is 1.26. The Labute approximate surface area is 88.2 Å². The van der Waals surface area contributed by atoms with Crippen LogP contribution in [-0.2, 0) is 14.9 Å². The molecule has 1 aliphatic heterocycles. The summed E-state index contributed by atoms with van der Waals surface area (Å²) in [6, 6.07) is 0. The van der Waals surface area contributed by atoms with E-state index in [0.29, 0.717) is 6.42 Å². The van der Waals surface area contributed by atoms with E-state index in [-0.39, 0.29) is 19.7 Å². The molecular formula is C7H14N2O5S. The zero-order valence-corrected chi connectivity index (χ0v) is 9.16. The van der Waals surface area contributed by atoms with Crippen molar-refractivity contribution in [1.82, 2.24) is 9.03 Å². The molecule has 2 N–H and O–H groups in total. The molecule has 1 saturated heterocycles. The molecular weight excluding hydrogens is 224 g/mol. The molecule has 0 aromatic carbocycles. The van der Waals surface area contributed by atoms with Crippen LogP contribution in [0.5, 0.6) is 0 Å². The second-order valence-corrected chi connectivity index (χ2v) is 4.80. The lowest BCUT2D eigenvalue weighted by molar-refractivity contribution is 0.157. The molecule has 0 unspecified atom stereocenters. The van der Waals surface area contributed by atoms with Gasteiger partial charge in [-0.2, -0.15) is 12.7 Å². The highest BCUT2D eigenvalue weighted by Crippen LogP contribution is 2.12. The molecule has 0 aromatic rings. The van der Waals surface area contributed by atoms with Crippen molar-refractivity contribution in [2.24, 2.45) is 0 Å². The molecule has 0 bridgehead atoms. The van der Waals surface area contributed by atoms with E-state index in [9.17, 15) is 13.2 Å². The summed E-state index contributed by atoms with van der Waals surface area (Å²) >= 11 is 0. The Hall–Kier alpha value is -0.860. The van der Waals surface area contributed by atoms with Crippen LogP contribution in [0.25, 0.3) is 0 Å². The van der Waals surface area contributed by atoms with Crippen LogP contribution in [0, 0.1) is 0 Å². The van der Waals surface area contributed by atoms with E-state index >= 15 is 0 Å². The molecule has 8 heteroatoms. The van der Waals surface area contributed by atoms with E-state index in [1.807, 2.05) is 0 Å². The second kappa shape index (κ2) is 4.77. The van der Waals surface area contributed by atoms with Gasteiger partial charge in [0.2, 0.25) is 0 Å². The average Bonchev–Trinajstić information content (AvgIpc) is 2.51. The molecule has 0 aliphatic carbocycles. The molecule has 0 radical (unpaired) electrons. The van der Waals surface area contributed by atoms with Crippen molar-refractivity contribution < 1.29 is 23.1 Å². The van der Waals surface area contributed by atoms with Crippen LogP contribution >= 0.6 is 0 Å². The quantitative estimate of drug-likeness (QED) is 0.660. The number of rotatable bonds is 3. The molecule has 0 aromatic heterocycles. The second-order valence-electron chi connectivity index (χ2n) is 3.13. The molecule has 0 spiro atoms. The smallest absolute Gasteiger partial charge is 0.421 e. The minimum absolute atomic E-state index is 0.00867. The van der Waals surface area contributed by atoms with Gasteiger partial charge < -0.3 is 9.84 Å². The third-order valence-electron chi connectivity index (χ3n) is 1.95. The van der Waals surface area contributed by atoms with E-state index in [4.69, 9.17) is 5.11 Å². The Morgan fingerprint density at radius 2 is 2.33 bits per heavy atom. The number of carbonyl (C=O) groups is 1. The van der Waals surface area contributed by atoms with Crippen LogP contribution < -0.4 is 4.72 Å². The molecule has 1 fully saturated rings. The number of amides is 1. The van der Waals surface area contributed by atoms with Gasteiger partial charge in [-0.25, -0.2) is 9.52 Å². The summed E-state index contributed by atoms with van der Waals surface area (Å²) < 4.78 is 30.1. The van der Waals surface area contributed by atoms with Gasteiger partial charge in [0.05, 0.1) is 12.7 Å². The predicted molar refractivity (Wildman–Crippen MR) is 51.3 cm³/mol. The molecule has 1 amide bonds. The summed E-state index contributed by atoms with van der Waals surface area (Å²) in [5.41, 5.74) is 0. The van der Waals surface area contributed by atoms with Crippen LogP contribution in [0.4, 0.5) is 4.79 Å². The van der Waals surface area contributed by atoms with E-state index in [1.165, 1.54) is 0 Å². The molecule has 88 valence electrons. The van der Waals surface area contributed by atoms with Gasteiger partial charge in [-0.1, -0.05) is 0 Å². The van der Waals surface area contributed by atoms with E-state index in [1.54, 1.807) is 11.6 Å². The minimum Gasteiger partial charge on any atom is -0.449 e. The third-order valence-corrected chi connectivity index (χ3v) is 3.39. The minimum atomic E-state index is -3.87. The topological polar surface area (TPSA) is 95.9 Å². The van der Waals surface area contributed by atoms with Gasteiger partial charge in [-0.15, -0.1) is 0 Å². The molecule has 0 saturated carbocycles. The lowest BCUT2D eigenvalue weighted by Crippen LogP contribution is -2.42. The monoisotopic (exact) mass is 238 g/mol. The number of nitrogens with zero attached hydrogens (tertiary/aromatic N) is 1. The Balaban J connectivity index is 2.56. The number of ether oxygens (including phenoxy) is 1. The maximum atomic E-state index is 11.5. The average molecular weight is 238 g/mol. The number of aliphatic hydroxyl groups excluding tert-OH is 1. The highest BCUT2D eigenvalue weighted by Gasteiger charge is 2.31. The summed E-state index contributed by atoms with van der Waals surface area (Å²) in [6.07, 6.45) is -1.29. The van der Waals surface area contributed by atoms with Gasteiger partial charge in [0.15, 0.2) is 0 Å². The molecule has 1 atom stereocenters. The van der Waals surface area contributed by atoms with Crippen LogP contribution in [0.15, 0.2) is 0 Å². The first-order chi connectivity index (χ1) is 6.95. The zero-order valence-electron chi connectivity index (χ0n) is 8.34. The van der Waals surface area contributed by atoms with Gasteiger partial charge >= 0.3 is 16.3 Å². The fourth-order valence-corrected chi connectivity index (χ4v) is 2.37.